The van der Waals surface area contributed by atoms with Gasteiger partial charge in [-0.25, -0.2) is 0 Å². The first-order valence-corrected chi connectivity index (χ1v) is 20.0. The van der Waals surface area contributed by atoms with Crippen LogP contribution < -0.4 is 0 Å². The quantitative estimate of drug-likeness (QED) is 0.0680. The summed E-state index contributed by atoms with van der Waals surface area (Å²) in [6.07, 6.45) is 46.3. The Balaban J connectivity index is 0. The number of carboxylic acids is 2. The van der Waals surface area contributed by atoms with Crippen molar-refractivity contribution < 1.29 is 19.8 Å². The van der Waals surface area contributed by atoms with Gasteiger partial charge in [0.1, 0.15) is 0 Å². The molecule has 0 spiro atoms. The minimum absolute atomic E-state index is 0.345. The summed E-state index contributed by atoms with van der Waals surface area (Å²) in [4.78, 5) is 20.7. The molecule has 0 amide bonds. The molecular weight excluding hydrogens is 544 g/mol. The Bertz CT molecular complexity index is 547. The largest absolute Gasteiger partial charge is 0.481 e. The minimum atomic E-state index is -0.655. The summed E-state index contributed by atoms with van der Waals surface area (Å²) < 4.78 is 0. The number of unbranched alkanes of at least 4 members (excludes halogenated alkanes) is 32. The second-order valence-corrected chi connectivity index (χ2v) is 13.6. The third kappa shape index (κ3) is 47.9. The number of carbonyl (C=O) groups is 2. The van der Waals surface area contributed by atoms with E-state index in [4.69, 9.17) is 10.2 Å². The van der Waals surface area contributed by atoms with Gasteiger partial charge in [-0.3, -0.25) is 9.59 Å². The van der Waals surface area contributed by atoms with Gasteiger partial charge in [0.05, 0.1) is 0 Å². The zero-order valence-corrected chi connectivity index (χ0v) is 30.2. The van der Waals surface area contributed by atoms with Crippen LogP contribution in [0.5, 0.6) is 0 Å². The molecule has 0 aromatic heterocycles. The Morgan fingerprint density at radius 1 is 0.273 bits per heavy atom. The molecular formula is C40H80O4. The van der Waals surface area contributed by atoms with Crippen molar-refractivity contribution in [3.8, 4) is 0 Å². The zero-order chi connectivity index (χ0) is 32.6. The Kier molecular flexibility index (Phi) is 43.0. The van der Waals surface area contributed by atoms with Crippen molar-refractivity contribution in [3.63, 3.8) is 0 Å². The van der Waals surface area contributed by atoms with Gasteiger partial charge in [-0.15, -0.1) is 0 Å². The molecule has 2 N–H and O–H groups in total. The normalized spacial score (nSPS) is 11.0. The van der Waals surface area contributed by atoms with Gasteiger partial charge in [0.15, 0.2) is 0 Å². The van der Waals surface area contributed by atoms with Crippen molar-refractivity contribution in [3.05, 3.63) is 0 Å². The molecule has 0 aliphatic heterocycles. The van der Waals surface area contributed by atoms with Crippen molar-refractivity contribution in [2.24, 2.45) is 0 Å². The molecule has 0 aromatic rings. The summed E-state index contributed by atoms with van der Waals surface area (Å²) in [5, 5.41) is 17.1. The Labute approximate surface area is 276 Å². The van der Waals surface area contributed by atoms with Crippen LogP contribution in [0.15, 0.2) is 0 Å². The van der Waals surface area contributed by atoms with E-state index in [1.807, 2.05) is 0 Å². The first-order valence-electron chi connectivity index (χ1n) is 20.0. The molecule has 0 atom stereocenters. The molecule has 264 valence electrons. The van der Waals surface area contributed by atoms with Crippen molar-refractivity contribution in [2.45, 2.75) is 245 Å². The van der Waals surface area contributed by atoms with E-state index in [0.29, 0.717) is 12.8 Å². The Morgan fingerprint density at radius 3 is 0.545 bits per heavy atom. The lowest BCUT2D eigenvalue weighted by atomic mass is 10.0. The highest BCUT2D eigenvalue weighted by molar-refractivity contribution is 5.66. The van der Waals surface area contributed by atoms with Crippen LogP contribution in [0.1, 0.15) is 245 Å². The van der Waals surface area contributed by atoms with E-state index >= 15 is 0 Å². The molecule has 4 heteroatoms. The fourth-order valence-electron chi connectivity index (χ4n) is 6.00. The van der Waals surface area contributed by atoms with Crippen LogP contribution in [-0.2, 0) is 9.59 Å². The van der Waals surface area contributed by atoms with E-state index in [1.54, 1.807) is 0 Å². The van der Waals surface area contributed by atoms with Crippen molar-refractivity contribution in [1.82, 2.24) is 0 Å². The minimum Gasteiger partial charge on any atom is -0.481 e. The molecule has 0 radical (unpaired) electrons. The lowest BCUT2D eigenvalue weighted by Crippen LogP contribution is -1.93. The summed E-state index contributed by atoms with van der Waals surface area (Å²) in [6.45, 7) is 4.55. The highest BCUT2D eigenvalue weighted by Crippen LogP contribution is 2.16. The Morgan fingerprint density at radius 2 is 0.409 bits per heavy atom. The first-order chi connectivity index (χ1) is 21.5. The van der Waals surface area contributed by atoms with Crippen molar-refractivity contribution in [1.29, 1.82) is 0 Å². The van der Waals surface area contributed by atoms with Crippen LogP contribution in [0.4, 0.5) is 0 Å². The van der Waals surface area contributed by atoms with Crippen LogP contribution in [-0.4, -0.2) is 22.2 Å². The molecule has 0 unspecified atom stereocenters. The molecule has 0 saturated carbocycles. The van der Waals surface area contributed by atoms with Gasteiger partial charge in [0, 0.05) is 12.8 Å². The highest BCUT2D eigenvalue weighted by Gasteiger charge is 1.99. The number of hydrogen-bond donors (Lipinski definition) is 2. The van der Waals surface area contributed by atoms with E-state index in [9.17, 15) is 9.59 Å². The van der Waals surface area contributed by atoms with Gasteiger partial charge in [-0.05, 0) is 12.8 Å². The van der Waals surface area contributed by atoms with Crippen LogP contribution in [0.2, 0.25) is 0 Å². The average molecular weight is 625 g/mol. The van der Waals surface area contributed by atoms with Gasteiger partial charge >= 0.3 is 11.9 Å². The standard InChI is InChI=1S/C24H48O2.C16H32O2/c1-2-3-4-5-6-7-8-9-10-11-12-13-14-15-16-17-18-19-20-21-22-23-24(25)26;1-2-3-4-5-6-7-8-9-10-11-12-13-14-15-16(17)18/h2-23H2,1H3,(H,25,26);2-15H2,1H3,(H,17,18). The van der Waals surface area contributed by atoms with Crippen molar-refractivity contribution >= 4 is 11.9 Å². The molecule has 0 aliphatic rings. The number of rotatable bonds is 36. The summed E-state index contributed by atoms with van der Waals surface area (Å²) >= 11 is 0. The summed E-state index contributed by atoms with van der Waals surface area (Å²) in [7, 11) is 0. The van der Waals surface area contributed by atoms with E-state index < -0.39 is 11.9 Å². The first kappa shape index (κ1) is 45.1. The summed E-state index contributed by atoms with van der Waals surface area (Å²) in [6, 6.07) is 0. The number of carboxylic acid groups (broad SMARTS) is 2. The van der Waals surface area contributed by atoms with Crippen LogP contribution >= 0.6 is 0 Å². The maximum absolute atomic E-state index is 10.4. The molecule has 0 bridgehead atoms. The van der Waals surface area contributed by atoms with Gasteiger partial charge in [0.25, 0.3) is 0 Å². The van der Waals surface area contributed by atoms with Gasteiger partial charge in [-0.2, -0.15) is 0 Å². The smallest absolute Gasteiger partial charge is 0.303 e. The van der Waals surface area contributed by atoms with Crippen LogP contribution in [0, 0.1) is 0 Å². The Hall–Kier alpha value is -1.06. The maximum atomic E-state index is 10.4. The van der Waals surface area contributed by atoms with Crippen LogP contribution in [0.25, 0.3) is 0 Å². The topological polar surface area (TPSA) is 74.6 Å². The molecule has 44 heavy (non-hydrogen) atoms. The summed E-state index contributed by atoms with van der Waals surface area (Å²) in [5.74, 6) is -1.30. The predicted octanol–water partition coefficient (Wildman–Crippen LogP) is 14.2. The van der Waals surface area contributed by atoms with Gasteiger partial charge < -0.3 is 10.2 Å². The average Bonchev–Trinajstić information content (AvgIpc) is 3.00. The lowest BCUT2D eigenvalue weighted by Gasteiger charge is -2.04. The second-order valence-electron chi connectivity index (χ2n) is 13.6. The van der Waals surface area contributed by atoms with E-state index in [1.165, 1.54) is 193 Å². The van der Waals surface area contributed by atoms with Gasteiger partial charge in [-0.1, -0.05) is 219 Å². The number of hydrogen-bond acceptors (Lipinski definition) is 2. The molecule has 0 aromatic carbocycles. The fourth-order valence-corrected chi connectivity index (χ4v) is 6.00. The molecule has 0 rings (SSSR count). The van der Waals surface area contributed by atoms with E-state index in [0.717, 1.165) is 25.7 Å². The van der Waals surface area contributed by atoms with Crippen molar-refractivity contribution in [2.75, 3.05) is 0 Å². The second kappa shape index (κ2) is 41.9. The monoisotopic (exact) mass is 625 g/mol. The molecule has 0 saturated heterocycles. The fraction of sp³-hybridized carbons (Fsp3) is 0.950. The third-order valence-electron chi connectivity index (χ3n) is 8.99. The third-order valence-corrected chi connectivity index (χ3v) is 8.99. The lowest BCUT2D eigenvalue weighted by molar-refractivity contribution is -0.138. The highest BCUT2D eigenvalue weighted by atomic mass is 16.4. The molecule has 0 fully saturated rings. The SMILES string of the molecule is CCCCCCCCCCCCCCCC(=O)O.CCCCCCCCCCCCCCCCCCCCCCCC(=O)O. The zero-order valence-electron chi connectivity index (χ0n) is 30.2. The van der Waals surface area contributed by atoms with E-state index in [-0.39, 0.29) is 0 Å². The molecule has 0 aliphatic carbocycles. The maximum Gasteiger partial charge on any atom is 0.303 e. The van der Waals surface area contributed by atoms with Gasteiger partial charge in [0.2, 0.25) is 0 Å². The summed E-state index contributed by atoms with van der Waals surface area (Å²) in [5.41, 5.74) is 0. The number of aliphatic carboxylic acids is 2. The predicted molar refractivity (Wildman–Crippen MR) is 193 cm³/mol. The molecule has 0 heterocycles. The molecule has 4 nitrogen and oxygen atoms in total. The van der Waals surface area contributed by atoms with E-state index in [2.05, 4.69) is 13.8 Å². The van der Waals surface area contributed by atoms with Crippen LogP contribution in [0.3, 0.4) is 0 Å².